The second-order valence-electron chi connectivity index (χ2n) is 9.83. The molecular formula is C27H45N3O4S. The first-order valence-electron chi connectivity index (χ1n) is 12.7. The highest BCUT2D eigenvalue weighted by Crippen LogP contribution is 2.25. The molecule has 0 aliphatic carbocycles. The van der Waals surface area contributed by atoms with E-state index in [9.17, 15) is 14.4 Å². The standard InChI is InChI=1S/C27H45N3O4S/c1-8-10-11-16-28-24(31)23(21-14-12-13-20(3)19-21)30(17-9-2)25(32)22(15-18-35-7)29-26(33)34-27(4,5)6/h12-14,19,22-23H,8-11,15-18H2,1-7H3,(H,28,31)(H,29,33). The molecule has 1 aromatic carbocycles. The maximum Gasteiger partial charge on any atom is 0.408 e. The summed E-state index contributed by atoms with van der Waals surface area (Å²) in [7, 11) is 0. The predicted octanol–water partition coefficient (Wildman–Crippen LogP) is 5.23. The minimum absolute atomic E-state index is 0.200. The molecule has 0 aliphatic rings. The summed E-state index contributed by atoms with van der Waals surface area (Å²) < 4.78 is 5.42. The summed E-state index contributed by atoms with van der Waals surface area (Å²) in [5, 5.41) is 5.80. The third-order valence-corrected chi connectivity index (χ3v) is 5.99. The first kappa shape index (κ1) is 30.8. The van der Waals surface area contributed by atoms with Gasteiger partial charge in [-0.25, -0.2) is 4.79 Å². The summed E-state index contributed by atoms with van der Waals surface area (Å²) in [6.07, 6.45) is 5.43. The van der Waals surface area contributed by atoms with E-state index in [4.69, 9.17) is 4.74 Å². The summed E-state index contributed by atoms with van der Waals surface area (Å²) in [4.78, 5) is 41.5. The molecule has 8 heteroatoms. The van der Waals surface area contributed by atoms with Crippen molar-refractivity contribution in [1.82, 2.24) is 15.5 Å². The molecule has 0 aromatic heterocycles. The summed E-state index contributed by atoms with van der Waals surface area (Å²) in [5.74, 6) is 0.209. The molecule has 0 aliphatic heterocycles. The Morgan fingerprint density at radius 3 is 2.40 bits per heavy atom. The van der Waals surface area contributed by atoms with Gasteiger partial charge in [-0.15, -0.1) is 0 Å². The number of rotatable bonds is 14. The number of benzene rings is 1. The predicted molar refractivity (Wildman–Crippen MR) is 145 cm³/mol. The number of unbranched alkanes of at least 4 members (excludes halogenated alkanes) is 2. The summed E-state index contributed by atoms with van der Waals surface area (Å²) in [6, 6.07) is 6.14. The molecule has 2 N–H and O–H groups in total. The van der Waals surface area contributed by atoms with Crippen LogP contribution >= 0.6 is 11.8 Å². The van der Waals surface area contributed by atoms with Crippen LogP contribution in [0.15, 0.2) is 24.3 Å². The van der Waals surface area contributed by atoms with Crippen LogP contribution in [-0.4, -0.2) is 59.5 Å². The van der Waals surface area contributed by atoms with Gasteiger partial charge in [-0.2, -0.15) is 11.8 Å². The Bertz CT molecular complexity index is 810. The van der Waals surface area contributed by atoms with Crippen LogP contribution in [0.1, 0.15) is 83.9 Å². The number of nitrogens with one attached hydrogen (secondary N) is 2. The maximum absolute atomic E-state index is 13.9. The number of aryl methyl sites for hydroxylation is 1. The SMILES string of the molecule is CCCCCNC(=O)C(c1cccc(C)c1)N(CCC)C(=O)C(CCSC)NC(=O)OC(C)(C)C. The van der Waals surface area contributed by atoms with Crippen molar-refractivity contribution < 1.29 is 19.1 Å². The van der Waals surface area contributed by atoms with Crippen molar-refractivity contribution in [3.8, 4) is 0 Å². The highest BCUT2D eigenvalue weighted by atomic mass is 32.2. The Hall–Kier alpha value is -2.22. The summed E-state index contributed by atoms with van der Waals surface area (Å²) in [6.45, 7) is 12.4. The topological polar surface area (TPSA) is 87.7 Å². The van der Waals surface area contributed by atoms with Crippen molar-refractivity contribution >= 4 is 29.7 Å². The molecule has 2 unspecified atom stereocenters. The molecule has 35 heavy (non-hydrogen) atoms. The Morgan fingerprint density at radius 2 is 1.83 bits per heavy atom. The van der Waals surface area contributed by atoms with E-state index < -0.39 is 23.8 Å². The van der Waals surface area contributed by atoms with Crippen molar-refractivity contribution in [2.24, 2.45) is 0 Å². The van der Waals surface area contributed by atoms with Gasteiger partial charge in [0.1, 0.15) is 17.7 Å². The van der Waals surface area contributed by atoms with Crippen molar-refractivity contribution in [3.63, 3.8) is 0 Å². The Morgan fingerprint density at radius 1 is 1.11 bits per heavy atom. The van der Waals surface area contributed by atoms with Gasteiger partial charge in [-0.05, 0) is 64.5 Å². The van der Waals surface area contributed by atoms with E-state index in [1.807, 2.05) is 44.4 Å². The van der Waals surface area contributed by atoms with E-state index in [2.05, 4.69) is 17.6 Å². The van der Waals surface area contributed by atoms with E-state index in [1.165, 1.54) is 0 Å². The molecule has 0 fully saturated rings. The van der Waals surface area contributed by atoms with E-state index in [1.54, 1.807) is 37.4 Å². The lowest BCUT2D eigenvalue weighted by Crippen LogP contribution is -2.53. The van der Waals surface area contributed by atoms with Gasteiger partial charge < -0.3 is 20.3 Å². The van der Waals surface area contributed by atoms with E-state index in [0.29, 0.717) is 31.7 Å². The van der Waals surface area contributed by atoms with Gasteiger partial charge in [0.2, 0.25) is 11.8 Å². The molecule has 3 amide bonds. The number of alkyl carbamates (subject to hydrolysis) is 1. The van der Waals surface area contributed by atoms with Gasteiger partial charge in [-0.3, -0.25) is 9.59 Å². The van der Waals surface area contributed by atoms with Gasteiger partial charge in [-0.1, -0.05) is 56.5 Å². The second-order valence-corrected chi connectivity index (χ2v) is 10.8. The normalized spacial score (nSPS) is 13.0. The molecular weight excluding hydrogens is 462 g/mol. The highest BCUT2D eigenvalue weighted by Gasteiger charge is 2.35. The summed E-state index contributed by atoms with van der Waals surface area (Å²) >= 11 is 1.60. The lowest BCUT2D eigenvalue weighted by Gasteiger charge is -2.34. The quantitative estimate of drug-likeness (QED) is 0.337. The van der Waals surface area contributed by atoms with Gasteiger partial charge >= 0.3 is 6.09 Å². The zero-order valence-electron chi connectivity index (χ0n) is 22.6. The number of carbonyl (C=O) groups is 3. The summed E-state index contributed by atoms with van der Waals surface area (Å²) in [5.41, 5.74) is 1.10. The average Bonchev–Trinajstić information content (AvgIpc) is 2.77. The Balaban J connectivity index is 3.31. The molecule has 198 valence electrons. The maximum atomic E-state index is 13.9. The fraction of sp³-hybridized carbons (Fsp3) is 0.667. The van der Waals surface area contributed by atoms with Crippen molar-refractivity contribution in [2.75, 3.05) is 25.1 Å². The third kappa shape index (κ3) is 11.4. The lowest BCUT2D eigenvalue weighted by atomic mass is 10.00. The first-order valence-corrected chi connectivity index (χ1v) is 14.1. The average molecular weight is 508 g/mol. The largest absolute Gasteiger partial charge is 0.444 e. The Kier molecular flexibility index (Phi) is 13.8. The number of ether oxygens (including phenoxy) is 1. The zero-order chi connectivity index (χ0) is 26.4. The Labute approximate surface area is 216 Å². The number of nitrogens with zero attached hydrogens (tertiary/aromatic N) is 1. The molecule has 0 spiro atoms. The van der Waals surface area contributed by atoms with E-state index >= 15 is 0 Å². The number of hydrogen-bond donors (Lipinski definition) is 2. The zero-order valence-corrected chi connectivity index (χ0v) is 23.4. The number of carbonyl (C=O) groups excluding carboxylic acids is 3. The van der Waals surface area contributed by atoms with Crippen LogP contribution in [0.2, 0.25) is 0 Å². The van der Waals surface area contributed by atoms with Crippen LogP contribution in [0.5, 0.6) is 0 Å². The monoisotopic (exact) mass is 507 g/mol. The van der Waals surface area contributed by atoms with E-state index in [-0.39, 0.29) is 11.8 Å². The minimum atomic E-state index is -0.788. The third-order valence-electron chi connectivity index (χ3n) is 5.34. The number of thioether (sulfide) groups is 1. The molecule has 2 atom stereocenters. The molecule has 0 saturated carbocycles. The minimum Gasteiger partial charge on any atom is -0.444 e. The van der Waals surface area contributed by atoms with Crippen LogP contribution in [0, 0.1) is 6.92 Å². The van der Waals surface area contributed by atoms with Crippen molar-refractivity contribution in [1.29, 1.82) is 0 Å². The van der Waals surface area contributed by atoms with Crippen LogP contribution in [0.3, 0.4) is 0 Å². The molecule has 1 aromatic rings. The first-order chi connectivity index (χ1) is 16.5. The fourth-order valence-electron chi connectivity index (χ4n) is 3.75. The molecule has 0 saturated heterocycles. The van der Waals surface area contributed by atoms with Crippen molar-refractivity contribution in [3.05, 3.63) is 35.4 Å². The fourth-order valence-corrected chi connectivity index (χ4v) is 4.22. The molecule has 7 nitrogen and oxygen atoms in total. The van der Waals surface area contributed by atoms with Gasteiger partial charge in [0, 0.05) is 13.1 Å². The van der Waals surface area contributed by atoms with Crippen LogP contribution in [0.4, 0.5) is 4.79 Å². The van der Waals surface area contributed by atoms with Crippen LogP contribution in [0.25, 0.3) is 0 Å². The van der Waals surface area contributed by atoms with E-state index in [0.717, 1.165) is 30.4 Å². The molecule has 1 rings (SSSR count). The molecule has 0 heterocycles. The molecule has 0 radical (unpaired) electrons. The van der Waals surface area contributed by atoms with Gasteiger partial charge in [0.15, 0.2) is 0 Å². The van der Waals surface area contributed by atoms with Gasteiger partial charge in [0.05, 0.1) is 0 Å². The van der Waals surface area contributed by atoms with Crippen LogP contribution in [-0.2, 0) is 14.3 Å². The smallest absolute Gasteiger partial charge is 0.408 e. The second kappa shape index (κ2) is 15.7. The van der Waals surface area contributed by atoms with Crippen LogP contribution < -0.4 is 10.6 Å². The number of hydrogen-bond acceptors (Lipinski definition) is 5. The highest BCUT2D eigenvalue weighted by molar-refractivity contribution is 7.98. The van der Waals surface area contributed by atoms with Crippen molar-refractivity contribution in [2.45, 2.75) is 91.3 Å². The number of amides is 3. The lowest BCUT2D eigenvalue weighted by molar-refractivity contribution is -0.142. The molecule has 0 bridgehead atoms. The van der Waals surface area contributed by atoms with Gasteiger partial charge in [0.25, 0.3) is 0 Å².